The minimum absolute atomic E-state index is 0.0872. The molecule has 0 aliphatic heterocycles. The van der Waals surface area contributed by atoms with Crippen molar-refractivity contribution in [2.75, 3.05) is 4.72 Å². The maximum Gasteiger partial charge on any atom is 0.308 e. The molecule has 1 N–H and O–H groups in total. The average molecular weight is 413 g/mol. The third-order valence-electron chi connectivity index (χ3n) is 3.38. The van der Waals surface area contributed by atoms with Gasteiger partial charge in [0.05, 0.1) is 20.8 Å². The lowest BCUT2D eigenvalue weighted by molar-refractivity contribution is 0.601. The van der Waals surface area contributed by atoms with E-state index in [2.05, 4.69) is 20.7 Å². The Morgan fingerprint density at radius 2 is 1.96 bits per heavy atom. The van der Waals surface area contributed by atoms with Crippen LogP contribution in [0.1, 0.15) is 6.92 Å². The quantitative estimate of drug-likeness (QED) is 0.710. The van der Waals surface area contributed by atoms with Crippen LogP contribution in [0.25, 0.3) is 10.2 Å². The van der Waals surface area contributed by atoms with Gasteiger partial charge in [-0.1, -0.05) is 23.5 Å². The zero-order valence-electron chi connectivity index (χ0n) is 12.1. The summed E-state index contributed by atoms with van der Waals surface area (Å²) in [6.45, 7) is 2.44. The van der Waals surface area contributed by atoms with E-state index in [0.717, 1.165) is 16.9 Å². The van der Waals surface area contributed by atoms with Crippen molar-refractivity contribution in [3.8, 4) is 0 Å². The van der Waals surface area contributed by atoms with E-state index < -0.39 is 10.0 Å². The molecule has 0 bridgehead atoms. The largest absolute Gasteiger partial charge is 0.308 e. The molecule has 0 aliphatic rings. The van der Waals surface area contributed by atoms with Crippen LogP contribution in [0.5, 0.6) is 0 Å². The smallest absolute Gasteiger partial charge is 0.299 e. The number of fused-ring (bicyclic) bond motifs is 1. The second-order valence-electron chi connectivity index (χ2n) is 4.83. The molecule has 0 radical (unpaired) electrons. The number of aromatic nitrogens is 1. The summed E-state index contributed by atoms with van der Waals surface area (Å²) in [7, 11) is -3.72. The van der Waals surface area contributed by atoms with Gasteiger partial charge >= 0.3 is 4.87 Å². The van der Waals surface area contributed by atoms with Gasteiger partial charge in [-0.2, -0.15) is 0 Å². The van der Waals surface area contributed by atoms with Gasteiger partial charge in [-0.05, 0) is 53.2 Å². The van der Waals surface area contributed by atoms with Crippen molar-refractivity contribution in [1.29, 1.82) is 0 Å². The van der Waals surface area contributed by atoms with Crippen LogP contribution in [0.3, 0.4) is 0 Å². The van der Waals surface area contributed by atoms with Crippen LogP contribution in [-0.4, -0.2) is 13.0 Å². The lowest BCUT2D eigenvalue weighted by Gasteiger charge is -2.09. The van der Waals surface area contributed by atoms with Gasteiger partial charge in [0, 0.05) is 11.0 Å². The van der Waals surface area contributed by atoms with E-state index in [0.29, 0.717) is 21.4 Å². The van der Waals surface area contributed by atoms with E-state index in [1.807, 2.05) is 6.92 Å². The summed E-state index contributed by atoms with van der Waals surface area (Å²) in [6.07, 6.45) is 0. The number of para-hydroxylation sites is 1. The molecule has 23 heavy (non-hydrogen) atoms. The topological polar surface area (TPSA) is 68.2 Å². The van der Waals surface area contributed by atoms with Crippen molar-refractivity contribution in [1.82, 2.24) is 4.57 Å². The number of hydrogen-bond acceptors (Lipinski definition) is 4. The van der Waals surface area contributed by atoms with Crippen LogP contribution >= 0.6 is 27.3 Å². The lowest BCUT2D eigenvalue weighted by Crippen LogP contribution is -2.13. The molecule has 0 atom stereocenters. The van der Waals surface area contributed by atoms with Gasteiger partial charge in [0.1, 0.15) is 0 Å². The lowest BCUT2D eigenvalue weighted by atomic mass is 10.3. The number of thiazole rings is 1. The molecule has 0 saturated heterocycles. The van der Waals surface area contributed by atoms with E-state index in [4.69, 9.17) is 0 Å². The van der Waals surface area contributed by atoms with Gasteiger partial charge in [0.25, 0.3) is 10.0 Å². The summed E-state index contributed by atoms with van der Waals surface area (Å²) < 4.78 is 30.6. The van der Waals surface area contributed by atoms with Gasteiger partial charge in [-0.25, -0.2) is 8.42 Å². The highest BCUT2D eigenvalue weighted by atomic mass is 79.9. The van der Waals surface area contributed by atoms with Gasteiger partial charge in [0.15, 0.2) is 0 Å². The molecule has 0 spiro atoms. The fraction of sp³-hybridized carbons (Fsp3) is 0.133. The number of rotatable bonds is 4. The highest BCUT2D eigenvalue weighted by Gasteiger charge is 2.17. The summed E-state index contributed by atoms with van der Waals surface area (Å²) in [4.78, 5) is 11.9. The van der Waals surface area contributed by atoms with Crippen LogP contribution in [-0.2, 0) is 16.6 Å². The number of aryl methyl sites for hydroxylation is 1. The summed E-state index contributed by atoms with van der Waals surface area (Å²) in [5.74, 6) is 0. The van der Waals surface area contributed by atoms with Crippen molar-refractivity contribution in [2.45, 2.75) is 18.4 Å². The first kappa shape index (κ1) is 16.2. The Labute approximate surface area is 145 Å². The van der Waals surface area contributed by atoms with Crippen LogP contribution in [0.15, 0.2) is 56.6 Å². The molecule has 5 nitrogen and oxygen atoms in total. The molecule has 0 unspecified atom stereocenters. The summed E-state index contributed by atoms with van der Waals surface area (Å²) in [6, 6.07) is 11.7. The van der Waals surface area contributed by atoms with Crippen LogP contribution in [0, 0.1) is 0 Å². The molecule has 0 fully saturated rings. The minimum Gasteiger partial charge on any atom is -0.299 e. The normalized spacial score (nSPS) is 11.7. The standard InChI is InChI=1S/C15H13BrN2O3S2/c1-2-18-13-8-7-10(9-14(13)22-15(18)19)23(20,21)17-12-6-4-3-5-11(12)16/h3-9,17H,2H2,1H3. The third kappa shape index (κ3) is 3.06. The van der Waals surface area contributed by atoms with Gasteiger partial charge in [-0.15, -0.1) is 0 Å². The van der Waals surface area contributed by atoms with E-state index in [9.17, 15) is 13.2 Å². The first-order valence-corrected chi connectivity index (χ1v) is 9.92. The molecule has 0 amide bonds. The highest BCUT2D eigenvalue weighted by Crippen LogP contribution is 2.26. The van der Waals surface area contributed by atoms with E-state index in [1.165, 1.54) is 12.1 Å². The molecule has 1 heterocycles. The summed E-state index contributed by atoms with van der Waals surface area (Å²) >= 11 is 4.36. The van der Waals surface area contributed by atoms with Crippen LogP contribution in [0.4, 0.5) is 5.69 Å². The Morgan fingerprint density at radius 3 is 2.65 bits per heavy atom. The Balaban J connectivity index is 2.05. The SMILES string of the molecule is CCn1c(=O)sc2cc(S(=O)(=O)Nc3ccccc3Br)ccc21. The second kappa shape index (κ2) is 6.10. The number of nitrogens with one attached hydrogen (secondary N) is 1. The molecule has 2 aromatic carbocycles. The Hall–Kier alpha value is -1.64. The number of nitrogens with zero attached hydrogens (tertiary/aromatic N) is 1. The molecule has 3 aromatic rings. The van der Waals surface area contributed by atoms with Crippen molar-refractivity contribution in [2.24, 2.45) is 0 Å². The number of benzene rings is 2. The molecule has 3 rings (SSSR count). The first-order chi connectivity index (χ1) is 10.9. The Bertz CT molecular complexity index is 1040. The monoisotopic (exact) mass is 412 g/mol. The number of anilines is 1. The second-order valence-corrected chi connectivity index (χ2v) is 8.36. The highest BCUT2D eigenvalue weighted by molar-refractivity contribution is 9.10. The Morgan fingerprint density at radius 1 is 1.22 bits per heavy atom. The van der Waals surface area contributed by atoms with E-state index in [1.54, 1.807) is 34.9 Å². The van der Waals surface area contributed by atoms with Crippen molar-refractivity contribution in [3.05, 3.63) is 56.6 Å². The van der Waals surface area contributed by atoms with Crippen LogP contribution < -0.4 is 9.60 Å². The third-order valence-corrected chi connectivity index (χ3v) is 6.38. The molecule has 0 aliphatic carbocycles. The minimum atomic E-state index is -3.72. The van der Waals surface area contributed by atoms with Gasteiger partial charge < -0.3 is 0 Å². The maximum absolute atomic E-state index is 12.5. The molecule has 120 valence electrons. The average Bonchev–Trinajstić information content (AvgIpc) is 2.83. The maximum atomic E-state index is 12.5. The van der Waals surface area contributed by atoms with E-state index in [-0.39, 0.29) is 9.77 Å². The number of sulfonamides is 1. The van der Waals surface area contributed by atoms with Gasteiger partial charge in [0.2, 0.25) is 0 Å². The van der Waals surface area contributed by atoms with Gasteiger partial charge in [-0.3, -0.25) is 14.1 Å². The molecular formula is C15H13BrN2O3S2. The zero-order valence-corrected chi connectivity index (χ0v) is 15.3. The molecule has 0 saturated carbocycles. The predicted octanol–water partition coefficient (Wildman–Crippen LogP) is 3.65. The Kier molecular flexibility index (Phi) is 4.31. The fourth-order valence-electron chi connectivity index (χ4n) is 2.26. The van der Waals surface area contributed by atoms with Crippen LogP contribution in [0.2, 0.25) is 0 Å². The predicted molar refractivity (Wildman–Crippen MR) is 96.7 cm³/mol. The van der Waals surface area contributed by atoms with Crippen molar-refractivity contribution >= 4 is 53.2 Å². The molecule has 8 heteroatoms. The summed E-state index contributed by atoms with van der Waals surface area (Å²) in [5.41, 5.74) is 1.22. The summed E-state index contributed by atoms with van der Waals surface area (Å²) in [5, 5.41) is 0. The molecule has 1 aromatic heterocycles. The number of hydrogen-bond donors (Lipinski definition) is 1. The first-order valence-electron chi connectivity index (χ1n) is 6.83. The zero-order chi connectivity index (χ0) is 16.6. The fourth-order valence-corrected chi connectivity index (χ4v) is 4.95. The van der Waals surface area contributed by atoms with Crippen molar-refractivity contribution in [3.63, 3.8) is 0 Å². The van der Waals surface area contributed by atoms with E-state index >= 15 is 0 Å². The number of halogens is 1. The molecular weight excluding hydrogens is 400 g/mol. The van der Waals surface area contributed by atoms with Crippen molar-refractivity contribution < 1.29 is 8.42 Å².